The number of nitrogens with zero attached hydrogens (tertiary/aromatic N) is 3. The van der Waals surface area contributed by atoms with Gasteiger partial charge < -0.3 is 15.4 Å². The van der Waals surface area contributed by atoms with Crippen molar-refractivity contribution in [2.45, 2.75) is 32.7 Å². The van der Waals surface area contributed by atoms with Gasteiger partial charge in [0.05, 0.1) is 17.9 Å². The lowest BCUT2D eigenvalue weighted by Gasteiger charge is -2.23. The first-order valence-electron chi connectivity index (χ1n) is 11.8. The second-order valence-corrected chi connectivity index (χ2v) is 11.2. The topological polar surface area (TPSA) is 128 Å². The van der Waals surface area contributed by atoms with E-state index in [0.29, 0.717) is 30.2 Å². The average Bonchev–Trinajstić information content (AvgIpc) is 2.81. The summed E-state index contributed by atoms with van der Waals surface area (Å²) in [6, 6.07) is 11.4. The number of ether oxygens (including phenoxy) is 1. The number of nitrogens with two attached hydrogens (primary N) is 1. The molecule has 198 valence electrons. The van der Waals surface area contributed by atoms with Crippen molar-refractivity contribution in [2.75, 3.05) is 30.8 Å². The zero-order valence-corrected chi connectivity index (χ0v) is 22.3. The molecule has 9 nitrogen and oxygen atoms in total. The van der Waals surface area contributed by atoms with E-state index in [1.165, 1.54) is 42.5 Å². The van der Waals surface area contributed by atoms with E-state index >= 15 is 0 Å². The highest BCUT2D eigenvalue weighted by Gasteiger charge is 2.25. The molecule has 3 aromatic rings. The van der Waals surface area contributed by atoms with Gasteiger partial charge in [-0.25, -0.2) is 19.1 Å². The van der Waals surface area contributed by atoms with Crippen LogP contribution in [0.1, 0.15) is 38.1 Å². The van der Waals surface area contributed by atoms with Crippen molar-refractivity contribution < 1.29 is 22.3 Å². The van der Waals surface area contributed by atoms with E-state index in [0.717, 1.165) is 0 Å². The van der Waals surface area contributed by atoms with E-state index in [1.807, 2.05) is 32.4 Å². The van der Waals surface area contributed by atoms with Crippen molar-refractivity contribution in [3.8, 4) is 17.0 Å². The predicted molar refractivity (Wildman–Crippen MR) is 141 cm³/mol. The minimum atomic E-state index is -4.29. The molecule has 1 amide bonds. The van der Waals surface area contributed by atoms with Crippen molar-refractivity contribution in [2.24, 2.45) is 11.8 Å². The van der Waals surface area contributed by atoms with Crippen molar-refractivity contribution in [1.82, 2.24) is 14.7 Å². The summed E-state index contributed by atoms with van der Waals surface area (Å²) in [6.07, 6.45) is 0. The van der Waals surface area contributed by atoms with E-state index in [1.54, 1.807) is 18.0 Å². The van der Waals surface area contributed by atoms with Gasteiger partial charge in [0.25, 0.3) is 15.9 Å². The molecule has 0 radical (unpaired) electrons. The third-order valence-corrected chi connectivity index (χ3v) is 6.35. The Bertz CT molecular complexity index is 1380. The van der Waals surface area contributed by atoms with Gasteiger partial charge in [-0.05, 0) is 48.2 Å². The lowest BCUT2D eigenvalue weighted by molar-refractivity contribution is 0.0981. The second-order valence-electron chi connectivity index (χ2n) is 9.56. The minimum absolute atomic E-state index is 0.00513. The standard InChI is InChI=1S/C26H32FN5O4S/c1-16(2)14-32(5)25-21(26(33)31-37(34,35)24-8-6-7-23(28)30-24)9-10-22(29-25)18-11-19(27)13-20(12-18)36-15-17(3)4/h6-13,16-17H,14-15H2,1-5H3,(H2,28,30)(H,31,33). The summed E-state index contributed by atoms with van der Waals surface area (Å²) >= 11 is 0. The number of aromatic nitrogens is 2. The van der Waals surface area contributed by atoms with Crippen LogP contribution in [0.2, 0.25) is 0 Å². The highest BCUT2D eigenvalue weighted by Crippen LogP contribution is 2.29. The largest absolute Gasteiger partial charge is 0.493 e. The summed E-state index contributed by atoms with van der Waals surface area (Å²) in [5, 5.41) is -0.379. The van der Waals surface area contributed by atoms with Crippen molar-refractivity contribution >= 4 is 27.6 Å². The fraction of sp³-hybridized carbons (Fsp3) is 0.346. The van der Waals surface area contributed by atoms with Gasteiger partial charge in [0.2, 0.25) is 0 Å². The minimum Gasteiger partial charge on any atom is -0.493 e. The Morgan fingerprint density at radius 2 is 1.81 bits per heavy atom. The van der Waals surface area contributed by atoms with Crippen LogP contribution in [0.15, 0.2) is 53.6 Å². The van der Waals surface area contributed by atoms with Gasteiger partial charge in [-0.2, -0.15) is 8.42 Å². The molecule has 2 heterocycles. The van der Waals surface area contributed by atoms with E-state index in [9.17, 15) is 17.6 Å². The number of hydrogen-bond acceptors (Lipinski definition) is 8. The van der Waals surface area contributed by atoms with E-state index in [4.69, 9.17) is 10.5 Å². The monoisotopic (exact) mass is 529 g/mol. The summed E-state index contributed by atoms with van der Waals surface area (Å²) in [4.78, 5) is 23.3. The zero-order chi connectivity index (χ0) is 27.3. The van der Waals surface area contributed by atoms with Crippen LogP contribution in [0.25, 0.3) is 11.3 Å². The van der Waals surface area contributed by atoms with Gasteiger partial charge in [-0.3, -0.25) is 4.79 Å². The van der Waals surface area contributed by atoms with E-state index < -0.39 is 21.7 Å². The van der Waals surface area contributed by atoms with Gasteiger partial charge in [0.15, 0.2) is 5.03 Å². The summed E-state index contributed by atoms with van der Waals surface area (Å²) in [6.45, 7) is 8.94. The van der Waals surface area contributed by atoms with E-state index in [-0.39, 0.29) is 34.1 Å². The molecule has 2 aromatic heterocycles. The Morgan fingerprint density at radius 3 is 2.46 bits per heavy atom. The van der Waals surface area contributed by atoms with Crippen LogP contribution in [0, 0.1) is 17.7 Å². The first-order valence-corrected chi connectivity index (χ1v) is 13.3. The van der Waals surface area contributed by atoms with Gasteiger partial charge >= 0.3 is 0 Å². The van der Waals surface area contributed by atoms with Gasteiger partial charge in [-0.1, -0.05) is 33.8 Å². The summed E-state index contributed by atoms with van der Waals surface area (Å²) < 4.78 is 47.6. The molecule has 0 atom stereocenters. The Morgan fingerprint density at radius 1 is 1.08 bits per heavy atom. The van der Waals surface area contributed by atoms with Crippen LogP contribution in [-0.2, 0) is 10.0 Å². The number of nitrogens with one attached hydrogen (secondary N) is 1. The Hall–Kier alpha value is -3.73. The number of benzene rings is 1. The number of carbonyl (C=O) groups is 1. The van der Waals surface area contributed by atoms with Gasteiger partial charge in [-0.15, -0.1) is 0 Å². The SMILES string of the molecule is CC(C)COc1cc(F)cc(-c2ccc(C(=O)NS(=O)(=O)c3cccc(N)n3)c(N(C)CC(C)C)n2)c1. The fourth-order valence-electron chi connectivity index (χ4n) is 3.58. The van der Waals surface area contributed by atoms with E-state index in [2.05, 4.69) is 9.97 Å². The number of carbonyl (C=O) groups excluding carboxylic acids is 1. The Labute approximate surface area is 216 Å². The quantitative estimate of drug-likeness (QED) is 0.402. The lowest BCUT2D eigenvalue weighted by atomic mass is 10.1. The van der Waals surface area contributed by atoms with Crippen LogP contribution in [0.3, 0.4) is 0 Å². The maximum atomic E-state index is 14.4. The Balaban J connectivity index is 2.01. The molecular weight excluding hydrogens is 497 g/mol. The molecule has 0 fully saturated rings. The van der Waals surface area contributed by atoms with Crippen LogP contribution in [0.5, 0.6) is 5.75 Å². The molecule has 37 heavy (non-hydrogen) atoms. The van der Waals surface area contributed by atoms with Crippen LogP contribution < -0.4 is 20.1 Å². The summed E-state index contributed by atoms with van der Waals surface area (Å²) in [7, 11) is -2.54. The number of rotatable bonds is 10. The first-order chi connectivity index (χ1) is 17.4. The molecule has 0 saturated carbocycles. The summed E-state index contributed by atoms with van der Waals surface area (Å²) in [5.41, 5.74) is 6.49. The van der Waals surface area contributed by atoms with Crippen molar-refractivity contribution in [3.05, 3.63) is 59.9 Å². The molecule has 0 saturated heterocycles. The van der Waals surface area contributed by atoms with Gasteiger partial charge in [0.1, 0.15) is 23.2 Å². The van der Waals surface area contributed by atoms with Crippen molar-refractivity contribution in [1.29, 1.82) is 0 Å². The van der Waals surface area contributed by atoms with Crippen LogP contribution >= 0.6 is 0 Å². The highest BCUT2D eigenvalue weighted by atomic mass is 32.2. The maximum absolute atomic E-state index is 14.4. The Kier molecular flexibility index (Phi) is 8.69. The summed E-state index contributed by atoms with van der Waals surface area (Å²) in [5.74, 6) is -0.273. The predicted octanol–water partition coefficient (Wildman–Crippen LogP) is 4.11. The lowest BCUT2D eigenvalue weighted by Crippen LogP contribution is -2.33. The molecule has 11 heteroatoms. The molecule has 0 aliphatic heterocycles. The number of nitrogen functional groups attached to an aromatic ring is 1. The smallest absolute Gasteiger partial charge is 0.281 e. The van der Waals surface area contributed by atoms with Crippen LogP contribution in [0.4, 0.5) is 16.0 Å². The normalized spacial score (nSPS) is 11.6. The molecule has 0 unspecified atom stereocenters. The van der Waals surface area contributed by atoms with Crippen LogP contribution in [-0.4, -0.2) is 44.5 Å². The molecule has 1 aromatic carbocycles. The van der Waals surface area contributed by atoms with Crippen molar-refractivity contribution in [3.63, 3.8) is 0 Å². The first kappa shape index (κ1) is 27.9. The zero-order valence-electron chi connectivity index (χ0n) is 21.5. The molecular formula is C26H32FN5O4S. The highest BCUT2D eigenvalue weighted by molar-refractivity contribution is 7.90. The molecule has 3 N–H and O–H groups in total. The fourth-order valence-corrected chi connectivity index (χ4v) is 4.52. The third kappa shape index (κ3) is 7.39. The van der Waals surface area contributed by atoms with Gasteiger partial charge in [0, 0.05) is 25.2 Å². The third-order valence-electron chi connectivity index (χ3n) is 5.12. The number of amides is 1. The number of hydrogen-bond donors (Lipinski definition) is 2. The molecule has 0 bridgehead atoms. The molecule has 3 rings (SSSR count). The molecule has 0 aliphatic carbocycles. The second kappa shape index (κ2) is 11.5. The number of halogens is 1. The number of sulfonamides is 1. The molecule has 0 spiro atoms. The number of pyridine rings is 2. The number of anilines is 2. The molecule has 0 aliphatic rings. The average molecular weight is 530 g/mol. The maximum Gasteiger partial charge on any atom is 0.281 e.